The van der Waals surface area contributed by atoms with Gasteiger partial charge in [0.1, 0.15) is 13.2 Å². The lowest BCUT2D eigenvalue weighted by Crippen LogP contribution is -2.30. The summed E-state index contributed by atoms with van der Waals surface area (Å²) in [7, 11) is 0. The van der Waals surface area contributed by atoms with E-state index in [0.717, 1.165) is 77.0 Å². The van der Waals surface area contributed by atoms with Gasteiger partial charge in [0, 0.05) is 19.3 Å². The van der Waals surface area contributed by atoms with Crippen molar-refractivity contribution in [1.82, 2.24) is 0 Å². The molecule has 0 aromatic rings. The van der Waals surface area contributed by atoms with Gasteiger partial charge in [0.2, 0.25) is 0 Å². The molecular formula is C75H138O6. The van der Waals surface area contributed by atoms with Gasteiger partial charge in [-0.3, -0.25) is 14.4 Å². The van der Waals surface area contributed by atoms with Crippen molar-refractivity contribution in [2.45, 2.75) is 399 Å². The maximum Gasteiger partial charge on any atom is 0.306 e. The Balaban J connectivity index is 4.23. The van der Waals surface area contributed by atoms with Crippen molar-refractivity contribution >= 4 is 17.9 Å². The van der Waals surface area contributed by atoms with Crippen LogP contribution in [0, 0.1) is 0 Å². The average molecular weight is 1140 g/mol. The third-order valence-corrected chi connectivity index (χ3v) is 16.3. The van der Waals surface area contributed by atoms with Gasteiger partial charge < -0.3 is 14.2 Å². The van der Waals surface area contributed by atoms with E-state index in [1.165, 1.54) is 276 Å². The summed E-state index contributed by atoms with van der Waals surface area (Å²) in [4.78, 5) is 38.4. The summed E-state index contributed by atoms with van der Waals surface area (Å²) >= 11 is 0. The third kappa shape index (κ3) is 68.0. The molecule has 1 unspecified atom stereocenters. The van der Waals surface area contributed by atoms with Crippen molar-refractivity contribution in [3.05, 3.63) is 48.6 Å². The Morgan fingerprint density at radius 3 is 0.716 bits per heavy atom. The van der Waals surface area contributed by atoms with E-state index in [4.69, 9.17) is 14.2 Å². The van der Waals surface area contributed by atoms with Crippen LogP contribution in [0.3, 0.4) is 0 Å². The molecule has 0 spiro atoms. The Morgan fingerprint density at radius 1 is 0.247 bits per heavy atom. The van der Waals surface area contributed by atoms with Crippen LogP contribution in [0.25, 0.3) is 0 Å². The molecule has 1 atom stereocenters. The van der Waals surface area contributed by atoms with Crippen LogP contribution >= 0.6 is 0 Å². The second kappa shape index (κ2) is 69.9. The molecule has 0 radical (unpaired) electrons. The Hall–Kier alpha value is -2.63. The molecular weight excluding hydrogens is 997 g/mol. The molecule has 0 N–H and O–H groups in total. The Bertz CT molecular complexity index is 1400. The Labute approximate surface area is 505 Å². The molecule has 0 aromatic heterocycles. The molecule has 474 valence electrons. The van der Waals surface area contributed by atoms with Crippen molar-refractivity contribution in [3.63, 3.8) is 0 Å². The summed E-state index contributed by atoms with van der Waals surface area (Å²) in [6, 6.07) is 0. The number of rotatable bonds is 67. The molecule has 0 amide bonds. The van der Waals surface area contributed by atoms with E-state index in [0.29, 0.717) is 19.3 Å². The van der Waals surface area contributed by atoms with Crippen LogP contribution in [-0.4, -0.2) is 37.2 Å². The maximum atomic E-state index is 12.9. The molecule has 0 aromatic carbocycles. The van der Waals surface area contributed by atoms with Crippen LogP contribution in [-0.2, 0) is 28.6 Å². The topological polar surface area (TPSA) is 78.9 Å². The molecule has 81 heavy (non-hydrogen) atoms. The lowest BCUT2D eigenvalue weighted by Gasteiger charge is -2.18. The first kappa shape index (κ1) is 78.4. The first-order chi connectivity index (χ1) is 40.0. The minimum Gasteiger partial charge on any atom is -0.462 e. The van der Waals surface area contributed by atoms with E-state index in [1.54, 1.807) is 0 Å². The van der Waals surface area contributed by atoms with E-state index in [2.05, 4.69) is 69.4 Å². The zero-order chi connectivity index (χ0) is 58.5. The average Bonchev–Trinajstić information content (AvgIpc) is 3.47. The molecule has 0 fully saturated rings. The van der Waals surface area contributed by atoms with Gasteiger partial charge in [-0.15, -0.1) is 0 Å². The van der Waals surface area contributed by atoms with Crippen molar-refractivity contribution in [2.75, 3.05) is 13.2 Å². The van der Waals surface area contributed by atoms with E-state index >= 15 is 0 Å². The summed E-state index contributed by atoms with van der Waals surface area (Å²) in [5.74, 6) is -0.865. The van der Waals surface area contributed by atoms with E-state index in [9.17, 15) is 14.4 Å². The lowest BCUT2D eigenvalue weighted by molar-refractivity contribution is -0.167. The minimum atomic E-state index is -0.780. The molecule has 0 bridgehead atoms. The normalized spacial score (nSPS) is 12.3. The smallest absolute Gasteiger partial charge is 0.306 e. The van der Waals surface area contributed by atoms with Crippen LogP contribution in [0.1, 0.15) is 393 Å². The number of hydrogen-bond acceptors (Lipinski definition) is 6. The molecule has 6 nitrogen and oxygen atoms in total. The van der Waals surface area contributed by atoms with Crippen LogP contribution in [0.4, 0.5) is 0 Å². The maximum absolute atomic E-state index is 12.9. The van der Waals surface area contributed by atoms with Crippen molar-refractivity contribution < 1.29 is 28.6 Å². The number of carbonyl (C=O) groups excluding carboxylic acids is 3. The monoisotopic (exact) mass is 1140 g/mol. The fourth-order valence-corrected chi connectivity index (χ4v) is 10.8. The number of ether oxygens (including phenoxy) is 3. The van der Waals surface area contributed by atoms with Crippen LogP contribution < -0.4 is 0 Å². The predicted octanol–water partition coefficient (Wildman–Crippen LogP) is 24.9. The minimum absolute atomic E-state index is 0.0746. The zero-order valence-electron chi connectivity index (χ0n) is 54.6. The quantitative estimate of drug-likeness (QED) is 0.0261. The highest BCUT2D eigenvalue weighted by atomic mass is 16.6. The summed E-state index contributed by atoms with van der Waals surface area (Å²) in [6.07, 6.45) is 88.6. The van der Waals surface area contributed by atoms with Crippen molar-refractivity contribution in [1.29, 1.82) is 0 Å². The van der Waals surface area contributed by atoms with Gasteiger partial charge in [0.25, 0.3) is 0 Å². The highest BCUT2D eigenvalue weighted by Gasteiger charge is 2.19. The van der Waals surface area contributed by atoms with Gasteiger partial charge >= 0.3 is 17.9 Å². The predicted molar refractivity (Wildman–Crippen MR) is 353 cm³/mol. The van der Waals surface area contributed by atoms with E-state index in [1.807, 2.05) is 0 Å². The van der Waals surface area contributed by atoms with Crippen molar-refractivity contribution in [3.8, 4) is 0 Å². The molecule has 0 rings (SSSR count). The van der Waals surface area contributed by atoms with Gasteiger partial charge in [-0.25, -0.2) is 0 Å². The number of carbonyl (C=O) groups is 3. The summed E-state index contributed by atoms with van der Waals surface area (Å²) in [6.45, 7) is 6.66. The number of esters is 3. The Kier molecular flexibility index (Phi) is 67.6. The summed E-state index contributed by atoms with van der Waals surface area (Å²) in [5, 5.41) is 0. The van der Waals surface area contributed by atoms with Crippen LogP contribution in [0.2, 0.25) is 0 Å². The second-order valence-electron chi connectivity index (χ2n) is 24.5. The zero-order valence-corrected chi connectivity index (χ0v) is 54.6. The highest BCUT2D eigenvalue weighted by Crippen LogP contribution is 2.18. The molecule has 6 heteroatoms. The molecule has 0 saturated carbocycles. The highest BCUT2D eigenvalue weighted by molar-refractivity contribution is 5.71. The number of hydrogen-bond donors (Lipinski definition) is 0. The van der Waals surface area contributed by atoms with Gasteiger partial charge in [-0.05, 0) is 103 Å². The molecule has 0 aliphatic rings. The van der Waals surface area contributed by atoms with Crippen molar-refractivity contribution in [2.24, 2.45) is 0 Å². The van der Waals surface area contributed by atoms with Gasteiger partial charge in [0.15, 0.2) is 6.10 Å². The van der Waals surface area contributed by atoms with E-state index in [-0.39, 0.29) is 31.1 Å². The van der Waals surface area contributed by atoms with Crippen LogP contribution in [0.15, 0.2) is 48.6 Å². The largest absolute Gasteiger partial charge is 0.462 e. The molecule has 0 saturated heterocycles. The van der Waals surface area contributed by atoms with Gasteiger partial charge in [-0.1, -0.05) is 320 Å². The molecule has 0 aliphatic carbocycles. The number of unbranched alkanes of at least 4 members (excludes halogenated alkanes) is 48. The first-order valence-corrected chi connectivity index (χ1v) is 36.1. The summed E-state index contributed by atoms with van der Waals surface area (Å²) in [5.41, 5.74) is 0. The fraction of sp³-hybridized carbons (Fsp3) is 0.853. The van der Waals surface area contributed by atoms with Crippen LogP contribution in [0.5, 0.6) is 0 Å². The standard InChI is InChI=1S/C75H138O6/c1-4-7-10-13-16-19-22-25-28-30-32-33-34-35-36-37-38-39-40-41-43-44-47-50-53-56-59-62-65-68-74(77)80-71-72(70-79-73(76)67-64-61-58-55-52-49-46-27-24-21-18-15-12-9-6-3)81-75(78)69-66-63-60-57-54-51-48-45-42-31-29-26-23-20-17-14-11-8-5-2/h18,21,26-27,29-30,32,46,72H,4-17,19-20,22-25,28,31,33-45,47-71H2,1-3H3/b21-18-,29-26-,32-30-,46-27-. The van der Waals surface area contributed by atoms with Gasteiger partial charge in [-0.2, -0.15) is 0 Å². The fourth-order valence-electron chi connectivity index (χ4n) is 10.8. The molecule has 0 heterocycles. The van der Waals surface area contributed by atoms with Gasteiger partial charge in [0.05, 0.1) is 0 Å². The first-order valence-electron chi connectivity index (χ1n) is 36.1. The Morgan fingerprint density at radius 2 is 0.444 bits per heavy atom. The van der Waals surface area contributed by atoms with E-state index < -0.39 is 6.10 Å². The second-order valence-corrected chi connectivity index (χ2v) is 24.5. The number of allylic oxidation sites excluding steroid dienone is 8. The molecule has 0 aliphatic heterocycles. The SMILES string of the molecule is CCCCC/C=C\C/C=C\CCCCCCCC(=O)OCC(COC(=O)CCCCCCCCCCCCCCCCCCC/C=C\CCCCCCCCCC)OC(=O)CCCCCCCCCCC/C=C\CCCCCCCC. The lowest BCUT2D eigenvalue weighted by atomic mass is 10.0. The third-order valence-electron chi connectivity index (χ3n) is 16.3. The summed E-state index contributed by atoms with van der Waals surface area (Å²) < 4.78 is 17.0.